The van der Waals surface area contributed by atoms with Crippen molar-refractivity contribution in [3.8, 4) is 22.3 Å². The lowest BCUT2D eigenvalue weighted by Gasteiger charge is -2.27. The fourth-order valence-corrected chi connectivity index (χ4v) is 8.02. The Balaban J connectivity index is 1.17. The van der Waals surface area contributed by atoms with Gasteiger partial charge < -0.3 is 4.90 Å². The van der Waals surface area contributed by atoms with E-state index in [-0.39, 0.29) is 0 Å². The van der Waals surface area contributed by atoms with Crippen LogP contribution in [0.4, 0.5) is 17.1 Å². The highest BCUT2D eigenvalue weighted by molar-refractivity contribution is 6.25. The smallest absolute Gasteiger partial charge is 0.0468 e. The van der Waals surface area contributed by atoms with Crippen LogP contribution in [0.2, 0.25) is 0 Å². The van der Waals surface area contributed by atoms with Gasteiger partial charge in [-0.3, -0.25) is 0 Å². The summed E-state index contributed by atoms with van der Waals surface area (Å²) in [6, 6.07) is 73.0. The Morgan fingerprint density at radius 1 is 0.235 bits per heavy atom. The molecule has 0 spiro atoms. The van der Waals surface area contributed by atoms with E-state index in [2.05, 4.69) is 205 Å². The Labute approximate surface area is 297 Å². The van der Waals surface area contributed by atoms with Gasteiger partial charge in [-0.15, -0.1) is 0 Å². The molecule has 0 saturated heterocycles. The van der Waals surface area contributed by atoms with E-state index in [0.29, 0.717) is 0 Å². The Morgan fingerprint density at radius 3 is 1.41 bits per heavy atom. The summed E-state index contributed by atoms with van der Waals surface area (Å²) in [6.45, 7) is 0. The molecule has 10 aromatic carbocycles. The Morgan fingerprint density at radius 2 is 0.725 bits per heavy atom. The predicted molar refractivity (Wildman–Crippen MR) is 220 cm³/mol. The highest BCUT2D eigenvalue weighted by Gasteiger charge is 2.17. The van der Waals surface area contributed by atoms with Crippen molar-refractivity contribution in [2.24, 2.45) is 0 Å². The maximum absolute atomic E-state index is 2.40. The van der Waals surface area contributed by atoms with Crippen molar-refractivity contribution in [3.05, 3.63) is 200 Å². The van der Waals surface area contributed by atoms with Gasteiger partial charge in [-0.25, -0.2) is 0 Å². The van der Waals surface area contributed by atoms with Crippen molar-refractivity contribution < 1.29 is 0 Å². The van der Waals surface area contributed by atoms with Crippen LogP contribution in [0, 0.1) is 0 Å². The van der Waals surface area contributed by atoms with Crippen LogP contribution >= 0.6 is 0 Å². The normalized spacial score (nSPS) is 11.5. The van der Waals surface area contributed by atoms with Crippen molar-refractivity contribution in [3.63, 3.8) is 0 Å². The molecule has 10 rings (SSSR count). The van der Waals surface area contributed by atoms with Crippen molar-refractivity contribution in [2.45, 2.75) is 0 Å². The second-order valence-corrected chi connectivity index (χ2v) is 13.3. The average molecular weight is 648 g/mol. The number of rotatable bonds is 5. The number of hydrogen-bond donors (Lipinski definition) is 0. The summed E-state index contributed by atoms with van der Waals surface area (Å²) >= 11 is 0. The minimum atomic E-state index is 1.11. The molecule has 0 heterocycles. The molecule has 238 valence electrons. The summed E-state index contributed by atoms with van der Waals surface area (Å²) < 4.78 is 0. The third-order valence-electron chi connectivity index (χ3n) is 10.4. The molecule has 0 saturated carbocycles. The van der Waals surface area contributed by atoms with Crippen LogP contribution in [0.25, 0.3) is 76.1 Å². The van der Waals surface area contributed by atoms with Gasteiger partial charge in [0, 0.05) is 17.1 Å². The molecule has 0 N–H and O–H groups in total. The average Bonchev–Trinajstić information content (AvgIpc) is 3.21. The van der Waals surface area contributed by atoms with Gasteiger partial charge in [-0.1, -0.05) is 158 Å². The summed E-state index contributed by atoms with van der Waals surface area (Å²) in [7, 11) is 0. The number of benzene rings is 10. The molecule has 0 atom stereocenters. The zero-order chi connectivity index (χ0) is 33.7. The Hall–Kier alpha value is -6.70. The van der Waals surface area contributed by atoms with E-state index in [1.807, 2.05) is 0 Å². The fraction of sp³-hybridized carbons (Fsp3) is 0. The van der Waals surface area contributed by atoms with Gasteiger partial charge in [0.25, 0.3) is 0 Å². The maximum atomic E-state index is 2.40. The summed E-state index contributed by atoms with van der Waals surface area (Å²) in [5.74, 6) is 0. The number of hydrogen-bond acceptors (Lipinski definition) is 1. The minimum Gasteiger partial charge on any atom is -0.310 e. The first kappa shape index (κ1) is 29.2. The molecule has 0 aliphatic heterocycles. The van der Waals surface area contributed by atoms with E-state index in [4.69, 9.17) is 0 Å². The van der Waals surface area contributed by atoms with Crippen molar-refractivity contribution in [1.29, 1.82) is 0 Å². The zero-order valence-corrected chi connectivity index (χ0v) is 28.0. The molecule has 0 amide bonds. The number of nitrogens with zero attached hydrogens (tertiary/aromatic N) is 1. The lowest BCUT2D eigenvalue weighted by atomic mass is 9.93. The van der Waals surface area contributed by atoms with Crippen LogP contribution in [0.3, 0.4) is 0 Å². The van der Waals surface area contributed by atoms with E-state index < -0.39 is 0 Å². The van der Waals surface area contributed by atoms with Crippen molar-refractivity contribution in [2.75, 3.05) is 4.90 Å². The number of fused-ring (bicyclic) bond motifs is 9. The van der Waals surface area contributed by atoms with Crippen LogP contribution in [0.15, 0.2) is 200 Å². The topological polar surface area (TPSA) is 3.24 Å². The van der Waals surface area contributed by atoms with Crippen LogP contribution in [0.5, 0.6) is 0 Å². The quantitative estimate of drug-likeness (QED) is 0.168. The van der Waals surface area contributed by atoms with Gasteiger partial charge in [0.05, 0.1) is 0 Å². The molecule has 0 bridgehead atoms. The van der Waals surface area contributed by atoms with Gasteiger partial charge in [-0.05, 0) is 119 Å². The van der Waals surface area contributed by atoms with Crippen LogP contribution < -0.4 is 4.90 Å². The van der Waals surface area contributed by atoms with Gasteiger partial charge in [-0.2, -0.15) is 0 Å². The molecule has 0 aliphatic rings. The van der Waals surface area contributed by atoms with E-state index in [1.54, 1.807) is 0 Å². The summed E-state index contributed by atoms with van der Waals surface area (Å²) in [5, 5.41) is 12.7. The molecule has 0 fully saturated rings. The first-order chi connectivity index (χ1) is 25.3. The molecule has 0 unspecified atom stereocenters. The van der Waals surface area contributed by atoms with Crippen LogP contribution in [-0.4, -0.2) is 0 Å². The van der Waals surface area contributed by atoms with Gasteiger partial charge in [0.1, 0.15) is 0 Å². The third kappa shape index (κ3) is 4.94. The maximum Gasteiger partial charge on any atom is 0.0468 e. The molecule has 10 aromatic rings. The minimum absolute atomic E-state index is 1.11. The molecule has 1 nitrogen and oxygen atoms in total. The molecular weight excluding hydrogens is 615 g/mol. The summed E-state index contributed by atoms with van der Waals surface area (Å²) in [6.07, 6.45) is 0. The van der Waals surface area contributed by atoms with Gasteiger partial charge >= 0.3 is 0 Å². The van der Waals surface area contributed by atoms with E-state index in [0.717, 1.165) is 17.1 Å². The first-order valence-corrected chi connectivity index (χ1v) is 17.6. The molecule has 1 heteroatoms. The number of anilines is 3. The SMILES string of the molecule is c1ccc(-c2cccc(N(c3ccc(-c4cc5ccccc5c5ccccc45)cc3)c3ccc4c5ccccc5c5ccccc5c4c3)c2)cc1. The molecule has 0 aromatic heterocycles. The van der Waals surface area contributed by atoms with E-state index >= 15 is 0 Å². The zero-order valence-electron chi connectivity index (χ0n) is 28.0. The predicted octanol–water partition coefficient (Wildman–Crippen LogP) is 14.3. The first-order valence-electron chi connectivity index (χ1n) is 17.6. The fourth-order valence-electron chi connectivity index (χ4n) is 8.02. The Kier molecular flexibility index (Phi) is 6.89. The van der Waals surface area contributed by atoms with Crippen LogP contribution in [-0.2, 0) is 0 Å². The van der Waals surface area contributed by atoms with E-state index in [1.165, 1.54) is 76.1 Å². The Bertz CT molecular complexity index is 2870. The lowest BCUT2D eigenvalue weighted by Crippen LogP contribution is -2.10. The standard InChI is InChI=1S/C50H33N/c1-2-13-34(14-3-1)36-16-12-17-39(31-36)51(40-29-30-48-45-22-8-7-20-43(45)44-21-9-11-24-47(44)50(48)33-40)38-27-25-35(26-28-38)49-32-37-15-4-5-18-41(37)42-19-6-10-23-46(42)49/h1-33H. The van der Waals surface area contributed by atoms with Crippen molar-refractivity contribution in [1.82, 2.24) is 0 Å². The second kappa shape index (κ2) is 12.0. The van der Waals surface area contributed by atoms with E-state index in [9.17, 15) is 0 Å². The second-order valence-electron chi connectivity index (χ2n) is 13.3. The summed E-state index contributed by atoms with van der Waals surface area (Å²) in [5.41, 5.74) is 8.19. The largest absolute Gasteiger partial charge is 0.310 e. The molecular formula is C50H33N. The van der Waals surface area contributed by atoms with Crippen LogP contribution in [0.1, 0.15) is 0 Å². The molecule has 0 radical (unpaired) electrons. The highest BCUT2D eigenvalue weighted by Crippen LogP contribution is 2.43. The molecule has 0 aliphatic carbocycles. The van der Waals surface area contributed by atoms with Gasteiger partial charge in [0.15, 0.2) is 0 Å². The highest BCUT2D eigenvalue weighted by atomic mass is 15.1. The molecule has 51 heavy (non-hydrogen) atoms. The van der Waals surface area contributed by atoms with Crippen molar-refractivity contribution >= 4 is 70.9 Å². The monoisotopic (exact) mass is 647 g/mol. The lowest BCUT2D eigenvalue weighted by molar-refractivity contribution is 1.29. The summed E-state index contributed by atoms with van der Waals surface area (Å²) in [4.78, 5) is 2.40. The third-order valence-corrected chi connectivity index (χ3v) is 10.4. The van der Waals surface area contributed by atoms with Gasteiger partial charge in [0.2, 0.25) is 0 Å².